The third-order valence-electron chi connectivity index (χ3n) is 6.29. The number of carbonyl (C=O) groups is 1. The Morgan fingerprint density at radius 1 is 1.03 bits per heavy atom. The Hall–Kier alpha value is -3.26. The van der Waals surface area contributed by atoms with Gasteiger partial charge in [0.25, 0.3) is 5.56 Å². The minimum Gasteiger partial charge on any atom is -0.371 e. The SMILES string of the molecule is O=C(Cn1cnc2ccccc2c1=O)N1CCC2(CC1)CN(c1ccccn1)CCO2. The van der Waals surface area contributed by atoms with Crippen molar-refractivity contribution in [2.24, 2.45) is 0 Å². The first-order chi connectivity index (χ1) is 15.1. The average molecular weight is 419 g/mol. The molecule has 2 fully saturated rings. The number of hydrogen-bond acceptors (Lipinski definition) is 6. The van der Waals surface area contributed by atoms with Gasteiger partial charge in [-0.3, -0.25) is 14.2 Å². The zero-order valence-electron chi connectivity index (χ0n) is 17.3. The first kappa shape index (κ1) is 19.7. The van der Waals surface area contributed by atoms with E-state index in [2.05, 4.69) is 14.9 Å². The van der Waals surface area contributed by atoms with Crippen LogP contribution in [0.5, 0.6) is 0 Å². The normalized spacial score (nSPS) is 18.5. The summed E-state index contributed by atoms with van der Waals surface area (Å²) in [7, 11) is 0. The molecule has 0 atom stereocenters. The third kappa shape index (κ3) is 3.90. The van der Waals surface area contributed by atoms with Gasteiger partial charge in [-0.05, 0) is 37.1 Å². The molecule has 0 N–H and O–H groups in total. The van der Waals surface area contributed by atoms with Crippen LogP contribution in [0.3, 0.4) is 0 Å². The molecule has 2 saturated heterocycles. The lowest BCUT2D eigenvalue weighted by Gasteiger charge is -2.47. The fourth-order valence-electron chi connectivity index (χ4n) is 4.51. The lowest BCUT2D eigenvalue weighted by Crippen LogP contribution is -2.58. The van der Waals surface area contributed by atoms with E-state index in [0.717, 1.165) is 31.7 Å². The molecule has 0 radical (unpaired) electrons. The number of ether oxygens (including phenoxy) is 1. The molecule has 2 aliphatic heterocycles. The molecule has 0 bridgehead atoms. The van der Waals surface area contributed by atoms with Crippen LogP contribution in [0.25, 0.3) is 10.9 Å². The number of piperidine rings is 1. The third-order valence-corrected chi connectivity index (χ3v) is 6.29. The van der Waals surface area contributed by atoms with Gasteiger partial charge in [-0.2, -0.15) is 0 Å². The van der Waals surface area contributed by atoms with Crippen LogP contribution in [-0.4, -0.2) is 63.7 Å². The standard InChI is InChI=1S/C23H25N5O3/c29-21(15-28-17-25-19-6-2-1-5-18(19)22(28)30)26-11-8-23(9-12-26)16-27(13-14-31-23)20-7-3-4-10-24-20/h1-7,10,17H,8-9,11-16H2. The number of likely N-dealkylation sites (tertiary alicyclic amines) is 1. The van der Waals surface area contributed by atoms with Crippen molar-refractivity contribution in [3.8, 4) is 0 Å². The Kier molecular flexibility index (Phi) is 5.15. The number of pyridine rings is 1. The Labute approximate surface area is 180 Å². The minimum absolute atomic E-state index is 0.00455. The molecule has 5 rings (SSSR count). The Morgan fingerprint density at radius 2 is 1.84 bits per heavy atom. The molecule has 1 aromatic carbocycles. The van der Waals surface area contributed by atoms with E-state index in [1.54, 1.807) is 18.2 Å². The van der Waals surface area contributed by atoms with Gasteiger partial charge in [0.05, 0.1) is 29.4 Å². The fraction of sp³-hybridized carbons (Fsp3) is 0.391. The highest BCUT2D eigenvalue weighted by Gasteiger charge is 2.41. The number of rotatable bonds is 3. The van der Waals surface area contributed by atoms with Gasteiger partial charge in [0, 0.05) is 32.4 Å². The van der Waals surface area contributed by atoms with Crippen LogP contribution in [-0.2, 0) is 16.1 Å². The first-order valence-electron chi connectivity index (χ1n) is 10.7. The van der Waals surface area contributed by atoms with E-state index in [9.17, 15) is 9.59 Å². The van der Waals surface area contributed by atoms with Crippen molar-refractivity contribution in [1.29, 1.82) is 0 Å². The maximum absolute atomic E-state index is 12.9. The maximum atomic E-state index is 12.9. The molecule has 1 spiro atoms. The lowest BCUT2D eigenvalue weighted by molar-refractivity contribution is -0.140. The van der Waals surface area contributed by atoms with Crippen molar-refractivity contribution in [3.05, 3.63) is 65.3 Å². The Bertz CT molecular complexity index is 1140. The number of carbonyl (C=O) groups excluding carboxylic acids is 1. The molecule has 160 valence electrons. The second-order valence-electron chi connectivity index (χ2n) is 8.22. The molecule has 4 heterocycles. The topological polar surface area (TPSA) is 80.6 Å². The highest BCUT2D eigenvalue weighted by Crippen LogP contribution is 2.31. The lowest BCUT2D eigenvalue weighted by atomic mass is 9.89. The summed E-state index contributed by atoms with van der Waals surface area (Å²) in [5, 5.41) is 0.528. The number of nitrogens with zero attached hydrogens (tertiary/aromatic N) is 5. The fourth-order valence-corrected chi connectivity index (χ4v) is 4.51. The van der Waals surface area contributed by atoms with Crippen LogP contribution in [0.15, 0.2) is 59.8 Å². The Balaban J connectivity index is 1.24. The van der Waals surface area contributed by atoms with Crippen LogP contribution in [0.4, 0.5) is 5.82 Å². The minimum atomic E-state index is -0.256. The summed E-state index contributed by atoms with van der Waals surface area (Å²) in [6, 6.07) is 13.1. The smallest absolute Gasteiger partial charge is 0.261 e. The number of amides is 1. The molecule has 2 aromatic heterocycles. The summed E-state index contributed by atoms with van der Waals surface area (Å²) in [6.45, 7) is 3.49. The van der Waals surface area contributed by atoms with Gasteiger partial charge in [0.1, 0.15) is 12.4 Å². The molecule has 0 aliphatic carbocycles. The van der Waals surface area contributed by atoms with Crippen molar-refractivity contribution < 1.29 is 9.53 Å². The van der Waals surface area contributed by atoms with Gasteiger partial charge >= 0.3 is 0 Å². The van der Waals surface area contributed by atoms with Crippen LogP contribution >= 0.6 is 0 Å². The van der Waals surface area contributed by atoms with Crippen LogP contribution < -0.4 is 10.5 Å². The molecule has 8 nitrogen and oxygen atoms in total. The maximum Gasteiger partial charge on any atom is 0.261 e. The van der Waals surface area contributed by atoms with Crippen molar-refractivity contribution in [2.45, 2.75) is 25.0 Å². The summed E-state index contributed by atoms with van der Waals surface area (Å²) in [5.41, 5.74) is 0.200. The van der Waals surface area contributed by atoms with Gasteiger partial charge in [0.2, 0.25) is 5.91 Å². The largest absolute Gasteiger partial charge is 0.371 e. The predicted molar refractivity (Wildman–Crippen MR) is 117 cm³/mol. The van der Waals surface area contributed by atoms with Crippen molar-refractivity contribution >= 4 is 22.6 Å². The summed E-state index contributed by atoms with van der Waals surface area (Å²) in [5.74, 6) is 0.901. The van der Waals surface area contributed by atoms with E-state index in [1.807, 2.05) is 35.4 Å². The predicted octanol–water partition coefficient (Wildman–Crippen LogP) is 1.69. The monoisotopic (exact) mass is 419 g/mol. The number of para-hydroxylation sites is 1. The molecule has 0 unspecified atom stereocenters. The summed E-state index contributed by atoms with van der Waals surface area (Å²) in [6.07, 6.45) is 4.81. The molecular formula is C23H25N5O3. The van der Waals surface area contributed by atoms with Crippen LogP contribution in [0, 0.1) is 0 Å². The van der Waals surface area contributed by atoms with E-state index < -0.39 is 0 Å². The van der Waals surface area contributed by atoms with Crippen LogP contribution in [0.2, 0.25) is 0 Å². The number of fused-ring (bicyclic) bond motifs is 1. The highest BCUT2D eigenvalue weighted by molar-refractivity contribution is 5.79. The van der Waals surface area contributed by atoms with E-state index in [-0.39, 0.29) is 23.6 Å². The van der Waals surface area contributed by atoms with Gasteiger partial charge in [0.15, 0.2) is 0 Å². The first-order valence-corrected chi connectivity index (χ1v) is 10.7. The number of benzene rings is 1. The van der Waals surface area contributed by atoms with Crippen molar-refractivity contribution in [3.63, 3.8) is 0 Å². The highest BCUT2D eigenvalue weighted by atomic mass is 16.5. The zero-order chi connectivity index (χ0) is 21.3. The van der Waals surface area contributed by atoms with Gasteiger partial charge in [-0.1, -0.05) is 18.2 Å². The van der Waals surface area contributed by atoms with Gasteiger partial charge in [-0.15, -0.1) is 0 Å². The van der Waals surface area contributed by atoms with Crippen molar-refractivity contribution in [2.75, 3.05) is 37.7 Å². The zero-order valence-corrected chi connectivity index (χ0v) is 17.3. The Morgan fingerprint density at radius 3 is 2.65 bits per heavy atom. The quantitative estimate of drug-likeness (QED) is 0.643. The second kappa shape index (κ2) is 8.11. The second-order valence-corrected chi connectivity index (χ2v) is 8.22. The van der Waals surface area contributed by atoms with E-state index in [4.69, 9.17) is 4.74 Å². The number of hydrogen-bond donors (Lipinski definition) is 0. The van der Waals surface area contributed by atoms with Gasteiger partial charge < -0.3 is 14.5 Å². The van der Waals surface area contributed by atoms with Crippen LogP contribution in [0.1, 0.15) is 12.8 Å². The number of morpholine rings is 1. The summed E-state index contributed by atoms with van der Waals surface area (Å²) >= 11 is 0. The molecule has 0 saturated carbocycles. The van der Waals surface area contributed by atoms with E-state index >= 15 is 0 Å². The van der Waals surface area contributed by atoms with Gasteiger partial charge in [-0.25, -0.2) is 9.97 Å². The van der Waals surface area contributed by atoms with E-state index in [1.165, 1.54) is 10.9 Å². The van der Waals surface area contributed by atoms with Crippen molar-refractivity contribution in [1.82, 2.24) is 19.4 Å². The number of aromatic nitrogens is 3. The molecule has 1 amide bonds. The average Bonchev–Trinajstić information content (AvgIpc) is 2.82. The summed E-state index contributed by atoms with van der Waals surface area (Å²) < 4.78 is 7.60. The molecular weight excluding hydrogens is 394 g/mol. The molecule has 31 heavy (non-hydrogen) atoms. The molecule has 2 aliphatic rings. The molecule has 8 heteroatoms. The van der Waals surface area contributed by atoms with E-state index in [0.29, 0.717) is 30.6 Å². The number of anilines is 1. The summed E-state index contributed by atoms with van der Waals surface area (Å²) in [4.78, 5) is 38.4. The molecule has 3 aromatic rings.